The number of fused-ring (bicyclic) bond motifs is 1. The van der Waals surface area contributed by atoms with Crippen molar-refractivity contribution in [3.8, 4) is 11.5 Å². The molecular formula is C18H14N2O4S2. The monoisotopic (exact) mass is 386 g/mol. The Hall–Kier alpha value is -2.84. The van der Waals surface area contributed by atoms with Gasteiger partial charge in [-0.3, -0.25) is 4.79 Å². The van der Waals surface area contributed by atoms with E-state index in [0.717, 1.165) is 4.88 Å². The molecule has 3 heterocycles. The Bertz CT molecular complexity index is 950. The first kappa shape index (κ1) is 16.6. The van der Waals surface area contributed by atoms with E-state index < -0.39 is 0 Å². The van der Waals surface area contributed by atoms with Crippen molar-refractivity contribution in [2.45, 2.75) is 6.54 Å². The molecule has 0 fully saturated rings. The minimum Gasteiger partial charge on any atom is -0.454 e. The maximum absolute atomic E-state index is 12.3. The molecule has 0 radical (unpaired) electrons. The fourth-order valence-electron chi connectivity index (χ4n) is 2.44. The molecule has 8 heteroatoms. The zero-order chi connectivity index (χ0) is 17.9. The summed E-state index contributed by atoms with van der Waals surface area (Å²) in [5.41, 5.74) is 0.617. The molecule has 0 aliphatic carbocycles. The van der Waals surface area contributed by atoms with E-state index in [9.17, 15) is 9.59 Å². The predicted octanol–water partition coefficient (Wildman–Crippen LogP) is 4.09. The Kier molecular flexibility index (Phi) is 4.59. The molecule has 1 aliphatic heterocycles. The molecule has 0 unspecified atom stereocenters. The van der Waals surface area contributed by atoms with E-state index in [0.29, 0.717) is 33.5 Å². The molecule has 0 atom stereocenters. The predicted molar refractivity (Wildman–Crippen MR) is 100 cm³/mol. The number of benzene rings is 1. The molecule has 2 amide bonds. The molecule has 4 rings (SSSR count). The van der Waals surface area contributed by atoms with Gasteiger partial charge in [0, 0.05) is 16.6 Å². The first-order valence-electron chi connectivity index (χ1n) is 7.80. The third kappa shape index (κ3) is 3.56. The highest BCUT2D eigenvalue weighted by Gasteiger charge is 2.15. The third-order valence-electron chi connectivity index (χ3n) is 3.68. The maximum atomic E-state index is 12.3. The van der Waals surface area contributed by atoms with Gasteiger partial charge < -0.3 is 20.1 Å². The van der Waals surface area contributed by atoms with E-state index in [4.69, 9.17) is 9.47 Å². The number of amides is 2. The smallest absolute Gasteiger partial charge is 0.319 e. The number of carbonyl (C=O) groups excluding carboxylic acids is 2. The summed E-state index contributed by atoms with van der Waals surface area (Å²) in [5.74, 6) is 1.29. The SMILES string of the molecule is O=C(NCc1ccc(C(=O)c2cccs2)s1)Nc1ccc2c(c1)OCO2. The van der Waals surface area contributed by atoms with Crippen LogP contribution in [0, 0.1) is 0 Å². The average Bonchev–Trinajstić information content (AvgIpc) is 3.40. The highest BCUT2D eigenvalue weighted by Crippen LogP contribution is 2.34. The number of hydrogen-bond acceptors (Lipinski definition) is 6. The number of rotatable bonds is 5. The van der Waals surface area contributed by atoms with E-state index in [2.05, 4.69) is 10.6 Å². The minimum absolute atomic E-state index is 0.0149. The van der Waals surface area contributed by atoms with E-state index in [1.807, 2.05) is 23.6 Å². The van der Waals surface area contributed by atoms with Gasteiger partial charge >= 0.3 is 6.03 Å². The number of carbonyl (C=O) groups is 2. The second kappa shape index (κ2) is 7.19. The number of hydrogen-bond donors (Lipinski definition) is 2. The second-order valence-corrected chi connectivity index (χ2v) is 7.56. The molecular weight excluding hydrogens is 372 g/mol. The first-order chi connectivity index (χ1) is 12.7. The van der Waals surface area contributed by atoms with Gasteiger partial charge in [0.1, 0.15) is 0 Å². The van der Waals surface area contributed by atoms with Crippen molar-refractivity contribution in [1.82, 2.24) is 5.32 Å². The minimum atomic E-state index is -0.330. The Balaban J connectivity index is 1.33. The van der Waals surface area contributed by atoms with Crippen LogP contribution in [0.3, 0.4) is 0 Å². The number of thiophene rings is 2. The van der Waals surface area contributed by atoms with Gasteiger partial charge in [-0.05, 0) is 35.7 Å². The quantitative estimate of drug-likeness (QED) is 0.648. The largest absolute Gasteiger partial charge is 0.454 e. The van der Waals surface area contributed by atoms with Gasteiger partial charge in [0.15, 0.2) is 11.5 Å². The highest BCUT2D eigenvalue weighted by atomic mass is 32.1. The van der Waals surface area contributed by atoms with Crippen LogP contribution in [-0.4, -0.2) is 18.6 Å². The van der Waals surface area contributed by atoms with Gasteiger partial charge in [-0.2, -0.15) is 0 Å². The van der Waals surface area contributed by atoms with Crippen LogP contribution in [0.25, 0.3) is 0 Å². The lowest BCUT2D eigenvalue weighted by atomic mass is 10.3. The Morgan fingerprint density at radius 1 is 1.04 bits per heavy atom. The molecule has 0 spiro atoms. The summed E-state index contributed by atoms with van der Waals surface area (Å²) in [5, 5.41) is 7.41. The Morgan fingerprint density at radius 2 is 1.92 bits per heavy atom. The number of nitrogens with one attached hydrogen (secondary N) is 2. The number of urea groups is 1. The molecule has 132 valence electrons. The van der Waals surface area contributed by atoms with Crippen LogP contribution in [0.4, 0.5) is 10.5 Å². The van der Waals surface area contributed by atoms with Gasteiger partial charge in [-0.25, -0.2) is 4.79 Å². The molecule has 2 aromatic heterocycles. The molecule has 0 saturated heterocycles. The molecule has 6 nitrogen and oxygen atoms in total. The van der Waals surface area contributed by atoms with Gasteiger partial charge in [-0.1, -0.05) is 6.07 Å². The van der Waals surface area contributed by atoms with Crippen LogP contribution >= 0.6 is 22.7 Å². The standard InChI is InChI=1S/C18H14N2O4S2/c21-17(15-2-1-7-25-15)16-6-4-12(26-16)9-19-18(22)20-11-3-5-13-14(8-11)24-10-23-13/h1-8H,9-10H2,(H2,19,20,22). The van der Waals surface area contributed by atoms with Crippen molar-refractivity contribution in [2.24, 2.45) is 0 Å². The lowest BCUT2D eigenvalue weighted by molar-refractivity contribution is 0.104. The number of anilines is 1. The summed E-state index contributed by atoms with van der Waals surface area (Å²) < 4.78 is 10.5. The molecule has 1 aliphatic rings. The van der Waals surface area contributed by atoms with E-state index in [-0.39, 0.29) is 18.6 Å². The highest BCUT2D eigenvalue weighted by molar-refractivity contribution is 7.16. The van der Waals surface area contributed by atoms with Crippen LogP contribution in [0.1, 0.15) is 19.4 Å². The third-order valence-corrected chi connectivity index (χ3v) is 5.64. The molecule has 1 aromatic carbocycles. The summed E-state index contributed by atoms with van der Waals surface area (Å²) in [7, 11) is 0. The fraction of sp³-hybridized carbons (Fsp3) is 0.111. The summed E-state index contributed by atoms with van der Waals surface area (Å²) in [6, 6.07) is 12.2. The van der Waals surface area contributed by atoms with Crippen LogP contribution in [0.5, 0.6) is 11.5 Å². The van der Waals surface area contributed by atoms with Crippen molar-refractivity contribution < 1.29 is 19.1 Å². The molecule has 26 heavy (non-hydrogen) atoms. The summed E-state index contributed by atoms with van der Waals surface area (Å²) in [4.78, 5) is 26.6. The maximum Gasteiger partial charge on any atom is 0.319 e. The van der Waals surface area contributed by atoms with Crippen LogP contribution < -0.4 is 20.1 Å². The molecule has 0 saturated carbocycles. The van der Waals surface area contributed by atoms with Crippen molar-refractivity contribution in [2.75, 3.05) is 12.1 Å². The van der Waals surface area contributed by atoms with Crippen LogP contribution in [-0.2, 0) is 6.54 Å². The normalized spacial score (nSPS) is 12.0. The molecule has 3 aromatic rings. The topological polar surface area (TPSA) is 76.7 Å². The van der Waals surface area contributed by atoms with E-state index in [1.165, 1.54) is 22.7 Å². The van der Waals surface area contributed by atoms with Gasteiger partial charge in [0.25, 0.3) is 0 Å². The fourth-order valence-corrected chi connectivity index (χ4v) is 4.09. The zero-order valence-corrected chi connectivity index (χ0v) is 15.1. The zero-order valence-electron chi connectivity index (χ0n) is 13.5. The van der Waals surface area contributed by atoms with E-state index in [1.54, 1.807) is 24.3 Å². The lowest BCUT2D eigenvalue weighted by Gasteiger charge is -2.07. The second-order valence-electron chi connectivity index (χ2n) is 5.45. The van der Waals surface area contributed by atoms with Crippen LogP contribution in [0.15, 0.2) is 47.8 Å². The van der Waals surface area contributed by atoms with Crippen molar-refractivity contribution in [1.29, 1.82) is 0 Å². The number of ether oxygens (including phenoxy) is 2. The summed E-state index contributed by atoms with van der Waals surface area (Å²) in [6.07, 6.45) is 0. The summed E-state index contributed by atoms with van der Waals surface area (Å²) in [6.45, 7) is 0.536. The van der Waals surface area contributed by atoms with Gasteiger partial charge in [-0.15, -0.1) is 22.7 Å². The van der Waals surface area contributed by atoms with Crippen LogP contribution in [0.2, 0.25) is 0 Å². The number of ketones is 1. The van der Waals surface area contributed by atoms with Gasteiger partial charge in [0.05, 0.1) is 16.3 Å². The molecule has 0 bridgehead atoms. The first-order valence-corrected chi connectivity index (χ1v) is 9.50. The van der Waals surface area contributed by atoms with Crippen molar-refractivity contribution >= 4 is 40.2 Å². The summed E-state index contributed by atoms with van der Waals surface area (Å²) >= 11 is 2.80. The Morgan fingerprint density at radius 3 is 2.77 bits per heavy atom. The van der Waals surface area contributed by atoms with E-state index >= 15 is 0 Å². The van der Waals surface area contributed by atoms with Gasteiger partial charge in [0.2, 0.25) is 12.6 Å². The average molecular weight is 386 g/mol. The van der Waals surface area contributed by atoms with Crippen molar-refractivity contribution in [3.63, 3.8) is 0 Å². The molecule has 2 N–H and O–H groups in total. The Labute approximate surface area is 157 Å². The van der Waals surface area contributed by atoms with Crippen molar-refractivity contribution in [3.05, 3.63) is 62.5 Å². The lowest BCUT2D eigenvalue weighted by Crippen LogP contribution is -2.27.